The maximum atomic E-state index is 11.2. The lowest BCUT2D eigenvalue weighted by atomic mass is 10.2. The Morgan fingerprint density at radius 3 is 2.62 bits per heavy atom. The summed E-state index contributed by atoms with van der Waals surface area (Å²) in [5, 5.41) is 13.0. The topological polar surface area (TPSA) is 37.3 Å². The van der Waals surface area contributed by atoms with Crippen LogP contribution >= 0.6 is 38.6 Å². The fourth-order valence-electron chi connectivity index (χ4n) is 1.21. The SMILES string of the molecule is O=C(O)/C(=C/c1sccc1Br)c1cccs1. The summed E-state index contributed by atoms with van der Waals surface area (Å²) in [6, 6.07) is 5.57. The molecule has 82 valence electrons. The highest BCUT2D eigenvalue weighted by Crippen LogP contribution is 2.29. The molecule has 0 unspecified atom stereocenters. The van der Waals surface area contributed by atoms with Crippen LogP contribution in [0.5, 0.6) is 0 Å². The van der Waals surface area contributed by atoms with Crippen molar-refractivity contribution in [3.63, 3.8) is 0 Å². The number of carbonyl (C=O) groups is 1. The van der Waals surface area contributed by atoms with Crippen LogP contribution < -0.4 is 0 Å². The van der Waals surface area contributed by atoms with E-state index in [0.29, 0.717) is 5.57 Å². The number of rotatable bonds is 3. The average Bonchev–Trinajstić information content (AvgIpc) is 2.85. The predicted octanol–water partition coefficient (Wildman–Crippen LogP) is 4.20. The largest absolute Gasteiger partial charge is 0.478 e. The van der Waals surface area contributed by atoms with Gasteiger partial charge >= 0.3 is 5.97 Å². The molecule has 5 heteroatoms. The molecule has 2 rings (SSSR count). The summed E-state index contributed by atoms with van der Waals surface area (Å²) in [6.07, 6.45) is 1.70. The quantitative estimate of drug-likeness (QED) is 0.862. The van der Waals surface area contributed by atoms with E-state index < -0.39 is 5.97 Å². The van der Waals surface area contributed by atoms with Crippen molar-refractivity contribution in [2.24, 2.45) is 0 Å². The Labute approximate surface area is 109 Å². The minimum absolute atomic E-state index is 0.332. The summed E-state index contributed by atoms with van der Waals surface area (Å²) in [5.74, 6) is -0.900. The Morgan fingerprint density at radius 1 is 1.31 bits per heavy atom. The molecule has 0 radical (unpaired) electrons. The lowest BCUT2D eigenvalue weighted by Crippen LogP contribution is -1.97. The Morgan fingerprint density at radius 2 is 2.12 bits per heavy atom. The van der Waals surface area contributed by atoms with Crippen molar-refractivity contribution < 1.29 is 9.90 Å². The number of thiophene rings is 2. The van der Waals surface area contributed by atoms with E-state index in [1.165, 1.54) is 22.7 Å². The molecular formula is C11H7BrO2S2. The van der Waals surface area contributed by atoms with Gasteiger partial charge in [-0.05, 0) is 44.9 Å². The zero-order chi connectivity index (χ0) is 11.5. The minimum Gasteiger partial charge on any atom is -0.478 e. The van der Waals surface area contributed by atoms with E-state index in [4.69, 9.17) is 5.11 Å². The second-order valence-corrected chi connectivity index (χ2v) is 5.72. The highest BCUT2D eigenvalue weighted by atomic mass is 79.9. The third-order valence-corrected chi connectivity index (χ3v) is 4.66. The first-order valence-electron chi connectivity index (χ1n) is 4.40. The van der Waals surface area contributed by atoms with E-state index in [9.17, 15) is 4.79 Å². The van der Waals surface area contributed by atoms with E-state index in [2.05, 4.69) is 15.9 Å². The van der Waals surface area contributed by atoms with Crippen molar-refractivity contribution in [1.82, 2.24) is 0 Å². The second-order valence-electron chi connectivity index (χ2n) is 2.97. The van der Waals surface area contributed by atoms with Crippen molar-refractivity contribution in [1.29, 1.82) is 0 Å². The molecule has 0 fully saturated rings. The number of aliphatic carboxylic acids is 1. The predicted molar refractivity (Wildman–Crippen MR) is 71.8 cm³/mol. The average molecular weight is 315 g/mol. The van der Waals surface area contributed by atoms with Crippen LogP contribution in [-0.2, 0) is 4.79 Å². The van der Waals surface area contributed by atoms with Crippen LogP contribution in [0.2, 0.25) is 0 Å². The van der Waals surface area contributed by atoms with Gasteiger partial charge in [-0.15, -0.1) is 22.7 Å². The molecule has 2 aromatic rings. The van der Waals surface area contributed by atoms with E-state index in [1.54, 1.807) is 6.08 Å². The maximum Gasteiger partial charge on any atom is 0.337 e. The summed E-state index contributed by atoms with van der Waals surface area (Å²) in [5.41, 5.74) is 0.332. The van der Waals surface area contributed by atoms with Gasteiger partial charge in [-0.1, -0.05) is 6.07 Å². The Balaban J connectivity index is 2.45. The lowest BCUT2D eigenvalue weighted by Gasteiger charge is -1.98. The van der Waals surface area contributed by atoms with Crippen LogP contribution in [-0.4, -0.2) is 11.1 Å². The first kappa shape index (κ1) is 11.6. The number of carboxylic acids is 1. The highest BCUT2D eigenvalue weighted by molar-refractivity contribution is 9.10. The van der Waals surface area contributed by atoms with Gasteiger partial charge in [0.05, 0.1) is 5.57 Å². The molecule has 0 amide bonds. The zero-order valence-corrected chi connectivity index (χ0v) is 11.2. The molecule has 1 N–H and O–H groups in total. The zero-order valence-electron chi connectivity index (χ0n) is 8.01. The fourth-order valence-corrected chi connectivity index (χ4v) is 3.36. The van der Waals surface area contributed by atoms with Gasteiger partial charge in [0.25, 0.3) is 0 Å². The number of hydrogen-bond donors (Lipinski definition) is 1. The van der Waals surface area contributed by atoms with Crippen molar-refractivity contribution in [2.75, 3.05) is 0 Å². The standard InChI is InChI=1S/C11H7BrO2S2/c12-8-3-5-16-10(8)6-7(11(13)14)9-2-1-4-15-9/h1-6H,(H,13,14)/b7-6+. The summed E-state index contributed by atoms with van der Waals surface area (Å²) in [4.78, 5) is 12.9. The minimum atomic E-state index is -0.900. The Hall–Kier alpha value is -0.910. The molecule has 0 aliphatic heterocycles. The van der Waals surface area contributed by atoms with Crippen LogP contribution in [0, 0.1) is 0 Å². The van der Waals surface area contributed by atoms with Crippen LogP contribution in [0.3, 0.4) is 0 Å². The van der Waals surface area contributed by atoms with Gasteiger partial charge in [0.15, 0.2) is 0 Å². The summed E-state index contributed by atoms with van der Waals surface area (Å²) in [6.45, 7) is 0. The van der Waals surface area contributed by atoms with E-state index in [-0.39, 0.29) is 0 Å². The molecule has 2 nitrogen and oxygen atoms in total. The third kappa shape index (κ3) is 2.42. The van der Waals surface area contributed by atoms with Crippen molar-refractivity contribution in [3.8, 4) is 0 Å². The monoisotopic (exact) mass is 314 g/mol. The van der Waals surface area contributed by atoms with E-state index in [1.807, 2.05) is 29.0 Å². The van der Waals surface area contributed by atoms with Gasteiger partial charge in [0.1, 0.15) is 0 Å². The second kappa shape index (κ2) is 4.95. The Bertz CT molecular complexity index is 526. The van der Waals surface area contributed by atoms with Gasteiger partial charge in [0, 0.05) is 14.2 Å². The molecule has 0 saturated carbocycles. The van der Waals surface area contributed by atoms with Crippen molar-refractivity contribution in [3.05, 3.63) is 43.2 Å². The molecule has 16 heavy (non-hydrogen) atoms. The lowest BCUT2D eigenvalue weighted by molar-refractivity contribution is -0.130. The van der Waals surface area contributed by atoms with E-state index in [0.717, 1.165) is 14.2 Å². The first-order chi connectivity index (χ1) is 7.68. The van der Waals surface area contributed by atoms with Gasteiger partial charge in [-0.25, -0.2) is 4.79 Å². The summed E-state index contributed by atoms with van der Waals surface area (Å²) < 4.78 is 0.924. The van der Waals surface area contributed by atoms with Crippen LogP contribution in [0.15, 0.2) is 33.4 Å². The molecule has 0 bridgehead atoms. The van der Waals surface area contributed by atoms with E-state index >= 15 is 0 Å². The molecule has 0 aromatic carbocycles. The molecule has 0 spiro atoms. The van der Waals surface area contributed by atoms with Gasteiger partial charge in [0.2, 0.25) is 0 Å². The molecule has 2 aromatic heterocycles. The molecule has 0 saturated heterocycles. The fraction of sp³-hybridized carbons (Fsp3) is 0. The Kier molecular flexibility index (Phi) is 3.58. The van der Waals surface area contributed by atoms with Crippen molar-refractivity contribution in [2.45, 2.75) is 0 Å². The molecule has 0 atom stereocenters. The third-order valence-electron chi connectivity index (χ3n) is 1.94. The normalized spacial score (nSPS) is 11.7. The number of carboxylic acid groups (broad SMARTS) is 1. The van der Waals surface area contributed by atoms with Gasteiger partial charge in [-0.3, -0.25) is 0 Å². The number of hydrogen-bond acceptors (Lipinski definition) is 3. The van der Waals surface area contributed by atoms with Gasteiger partial charge < -0.3 is 5.11 Å². The first-order valence-corrected chi connectivity index (χ1v) is 6.95. The smallest absolute Gasteiger partial charge is 0.337 e. The molecular weight excluding hydrogens is 308 g/mol. The summed E-state index contributed by atoms with van der Waals surface area (Å²) in [7, 11) is 0. The van der Waals surface area contributed by atoms with Crippen molar-refractivity contribution >= 4 is 56.2 Å². The summed E-state index contributed by atoms with van der Waals surface area (Å²) >= 11 is 6.32. The number of halogens is 1. The molecule has 0 aliphatic rings. The molecule has 0 aliphatic carbocycles. The van der Waals surface area contributed by atoms with Gasteiger partial charge in [-0.2, -0.15) is 0 Å². The van der Waals surface area contributed by atoms with Crippen LogP contribution in [0.25, 0.3) is 11.6 Å². The molecule has 2 heterocycles. The maximum absolute atomic E-state index is 11.2. The highest BCUT2D eigenvalue weighted by Gasteiger charge is 2.12. The van der Waals surface area contributed by atoms with Crippen LogP contribution in [0.4, 0.5) is 0 Å². The van der Waals surface area contributed by atoms with Crippen LogP contribution in [0.1, 0.15) is 9.75 Å².